The Morgan fingerprint density at radius 1 is 0.917 bits per heavy atom. The summed E-state index contributed by atoms with van der Waals surface area (Å²) in [6.07, 6.45) is 10.1. The third-order valence-corrected chi connectivity index (χ3v) is 11.7. The minimum atomic E-state index is -2.29. The molecule has 340 valence electrons. The first-order valence-electron chi connectivity index (χ1n) is 22.1. The number of carbonyl (C=O) groups is 3. The van der Waals surface area contributed by atoms with Crippen molar-refractivity contribution in [1.29, 1.82) is 0 Å². The van der Waals surface area contributed by atoms with Crippen LogP contribution in [0, 0.1) is 5.41 Å². The van der Waals surface area contributed by atoms with E-state index in [2.05, 4.69) is 20.1 Å². The topological polar surface area (TPSA) is 186 Å². The van der Waals surface area contributed by atoms with Crippen LogP contribution in [0.4, 0.5) is 0 Å². The molecule has 0 aliphatic carbocycles. The molecule has 0 aromatic heterocycles. The van der Waals surface area contributed by atoms with E-state index in [1.54, 1.807) is 32.1 Å². The Morgan fingerprint density at radius 2 is 1.65 bits per heavy atom. The molecule has 0 saturated carbocycles. The van der Waals surface area contributed by atoms with Gasteiger partial charge in [-0.1, -0.05) is 65.2 Å². The molecule has 4 rings (SSSR count). The normalized spacial score (nSPS) is 33.8. The van der Waals surface area contributed by atoms with E-state index in [9.17, 15) is 29.7 Å². The maximum Gasteiger partial charge on any atom is 0.330 e. The molecular weight excluding hydrogens is 776 g/mol. The molecule has 4 heterocycles. The van der Waals surface area contributed by atoms with Crippen molar-refractivity contribution in [1.82, 2.24) is 0 Å². The molecule has 3 saturated heterocycles. The van der Waals surface area contributed by atoms with E-state index in [1.807, 2.05) is 0 Å². The third kappa shape index (κ3) is 15.4. The Balaban J connectivity index is 1.72. The van der Waals surface area contributed by atoms with E-state index in [-0.39, 0.29) is 74.3 Å². The van der Waals surface area contributed by atoms with Crippen molar-refractivity contribution < 1.29 is 67.6 Å². The van der Waals surface area contributed by atoms with Crippen molar-refractivity contribution in [2.24, 2.45) is 5.41 Å². The summed E-state index contributed by atoms with van der Waals surface area (Å²) in [6.45, 7) is 13.1. The SMILES string of the molecule is C=CCCCOC(=O)C[C@H]1C[C@H]2C[C@H]3CCC[C@@H](C[C@@H](O)CC(=C)O[C@@H](CO)CC4C/C(=C\C(=O)OC)[C@H](OC(=O)CCCCCCC)C(O)(O4)C(C)(C)/C=C/[C@H](O2)O1)O3. The first-order chi connectivity index (χ1) is 28.7. The molecule has 6 bridgehead atoms. The monoisotopic (exact) mass is 848 g/mol. The van der Waals surface area contributed by atoms with Gasteiger partial charge in [0.1, 0.15) is 6.10 Å². The summed E-state index contributed by atoms with van der Waals surface area (Å²) in [5.41, 5.74) is -1.10. The van der Waals surface area contributed by atoms with Gasteiger partial charge in [0.25, 0.3) is 0 Å². The molecule has 4 aliphatic heterocycles. The smallest absolute Gasteiger partial charge is 0.330 e. The molecule has 14 nitrogen and oxygen atoms in total. The van der Waals surface area contributed by atoms with Gasteiger partial charge in [-0.25, -0.2) is 4.79 Å². The second kappa shape index (κ2) is 24.5. The van der Waals surface area contributed by atoms with Crippen LogP contribution < -0.4 is 0 Å². The van der Waals surface area contributed by atoms with Gasteiger partial charge < -0.3 is 53.2 Å². The Bertz CT molecular complexity index is 1460. The van der Waals surface area contributed by atoms with Crippen molar-refractivity contribution in [3.63, 3.8) is 0 Å². The third-order valence-electron chi connectivity index (χ3n) is 11.7. The number of allylic oxidation sites excluding steroid dienone is 1. The summed E-state index contributed by atoms with van der Waals surface area (Å²) in [5.74, 6) is -3.69. The summed E-state index contributed by atoms with van der Waals surface area (Å²) < 4.78 is 48.5. The van der Waals surface area contributed by atoms with Gasteiger partial charge >= 0.3 is 17.9 Å². The molecule has 0 aromatic rings. The molecule has 0 radical (unpaired) electrons. The highest BCUT2D eigenvalue weighted by Gasteiger charge is 2.57. The van der Waals surface area contributed by atoms with E-state index in [4.69, 9.17) is 37.9 Å². The van der Waals surface area contributed by atoms with Crippen LogP contribution in [0.3, 0.4) is 0 Å². The summed E-state index contributed by atoms with van der Waals surface area (Å²) in [6, 6.07) is 0. The molecule has 60 heavy (non-hydrogen) atoms. The number of hydrogen-bond acceptors (Lipinski definition) is 14. The summed E-state index contributed by atoms with van der Waals surface area (Å²) in [5, 5.41) is 34.4. The highest BCUT2D eigenvalue weighted by molar-refractivity contribution is 5.83. The van der Waals surface area contributed by atoms with Gasteiger partial charge in [-0.05, 0) is 63.0 Å². The minimum absolute atomic E-state index is 0.00683. The molecule has 3 N–H and O–H groups in total. The largest absolute Gasteiger partial charge is 0.493 e. The maximum absolute atomic E-state index is 13.5. The second-order valence-corrected chi connectivity index (χ2v) is 17.3. The average Bonchev–Trinajstić information content (AvgIpc) is 3.19. The lowest BCUT2D eigenvalue weighted by Crippen LogP contribution is -2.62. The van der Waals surface area contributed by atoms with Crippen molar-refractivity contribution in [3.8, 4) is 0 Å². The van der Waals surface area contributed by atoms with Gasteiger partial charge in [0.15, 0.2) is 12.4 Å². The Kier molecular flexibility index (Phi) is 20.2. The predicted octanol–water partition coefficient (Wildman–Crippen LogP) is 6.58. The Labute approximate surface area is 356 Å². The highest BCUT2D eigenvalue weighted by Crippen LogP contribution is 2.47. The number of hydrogen-bond donors (Lipinski definition) is 3. The van der Waals surface area contributed by atoms with Crippen LogP contribution in [0.1, 0.15) is 136 Å². The van der Waals surface area contributed by atoms with Gasteiger partial charge in [-0.15, -0.1) is 6.58 Å². The van der Waals surface area contributed by atoms with Gasteiger partial charge in [0.05, 0.1) is 69.1 Å². The van der Waals surface area contributed by atoms with E-state index in [0.29, 0.717) is 32.1 Å². The number of fused-ring (bicyclic) bond motifs is 6. The standard InChI is InChI=1S/C46H72O14/c1-7-9-11-12-13-18-40(49)59-44-32(24-41(50)53-6)23-38-28-39(30-47)55-31(3)22-33(48)25-34-16-15-17-35(56-34)26-36-27-37(29-42(51)54-21-14-10-8-2)58-43(57-36)19-20-45(4,5)46(44,52)60-38/h8,19-20,24,33-39,43-44,47-48,52H,2-3,7,9-18,21-23,25-30H2,1,4-6H3/b20-19+,32-24+/t33-,34-,35+,36+,37+,38?,39+,43+,44-,46?/m0/s1. The van der Waals surface area contributed by atoms with E-state index in [1.165, 1.54) is 13.2 Å². The molecule has 0 aromatic carbocycles. The zero-order valence-electron chi connectivity index (χ0n) is 36.4. The zero-order chi connectivity index (χ0) is 43.7. The van der Waals surface area contributed by atoms with Crippen molar-refractivity contribution in [2.75, 3.05) is 20.3 Å². The van der Waals surface area contributed by atoms with Crippen molar-refractivity contribution in [3.05, 3.63) is 48.8 Å². The van der Waals surface area contributed by atoms with Crippen LogP contribution in [-0.4, -0.2) is 114 Å². The minimum Gasteiger partial charge on any atom is -0.493 e. The summed E-state index contributed by atoms with van der Waals surface area (Å²) in [4.78, 5) is 39.3. The lowest BCUT2D eigenvalue weighted by atomic mass is 9.74. The number of ether oxygens (including phenoxy) is 8. The first-order valence-corrected chi connectivity index (χ1v) is 22.1. The Morgan fingerprint density at radius 3 is 2.37 bits per heavy atom. The van der Waals surface area contributed by atoms with Crippen LogP contribution in [0.15, 0.2) is 48.8 Å². The first kappa shape index (κ1) is 49.5. The lowest BCUT2D eigenvalue weighted by Gasteiger charge is -2.51. The average molecular weight is 849 g/mol. The highest BCUT2D eigenvalue weighted by atomic mass is 16.7. The number of aliphatic hydroxyl groups is 3. The number of carbonyl (C=O) groups excluding carboxylic acids is 3. The molecule has 14 heteroatoms. The van der Waals surface area contributed by atoms with Crippen LogP contribution in [0.5, 0.6) is 0 Å². The molecule has 3 fully saturated rings. The van der Waals surface area contributed by atoms with Crippen LogP contribution in [-0.2, 0) is 52.3 Å². The van der Waals surface area contributed by atoms with E-state index in [0.717, 1.165) is 51.4 Å². The number of methoxy groups -OCH3 is 1. The molecule has 4 aliphatic rings. The number of rotatable bonds is 15. The van der Waals surface area contributed by atoms with Gasteiger partial charge in [0, 0.05) is 43.6 Å². The second-order valence-electron chi connectivity index (χ2n) is 17.3. The Hall–Kier alpha value is -3.11. The number of esters is 3. The number of aliphatic hydroxyl groups excluding tert-OH is 2. The zero-order valence-corrected chi connectivity index (χ0v) is 36.4. The molecule has 10 atom stereocenters. The summed E-state index contributed by atoms with van der Waals surface area (Å²) >= 11 is 0. The van der Waals surface area contributed by atoms with Crippen LogP contribution in [0.25, 0.3) is 0 Å². The summed E-state index contributed by atoms with van der Waals surface area (Å²) in [7, 11) is 1.23. The lowest BCUT2D eigenvalue weighted by molar-refractivity contribution is -0.327. The van der Waals surface area contributed by atoms with Gasteiger partial charge in [0.2, 0.25) is 5.79 Å². The van der Waals surface area contributed by atoms with Gasteiger partial charge in [-0.3, -0.25) is 9.59 Å². The number of unbranched alkanes of at least 4 members (excludes halogenated alkanes) is 5. The molecule has 2 unspecified atom stereocenters. The van der Waals surface area contributed by atoms with Crippen molar-refractivity contribution in [2.45, 2.75) is 197 Å². The molecule has 0 spiro atoms. The van der Waals surface area contributed by atoms with Gasteiger partial charge in [-0.2, -0.15) is 0 Å². The fourth-order valence-corrected chi connectivity index (χ4v) is 8.46. The fourth-order valence-electron chi connectivity index (χ4n) is 8.46. The maximum atomic E-state index is 13.5. The molecular formula is C46H72O14. The van der Waals surface area contributed by atoms with Crippen molar-refractivity contribution >= 4 is 17.9 Å². The van der Waals surface area contributed by atoms with E-state index < -0.39 is 66.6 Å². The van der Waals surface area contributed by atoms with Crippen LogP contribution in [0.2, 0.25) is 0 Å². The quantitative estimate of drug-likeness (QED) is 0.0528. The fraction of sp³-hybridized carbons (Fsp3) is 0.761. The van der Waals surface area contributed by atoms with Crippen LogP contribution >= 0.6 is 0 Å². The van der Waals surface area contributed by atoms with E-state index >= 15 is 0 Å². The molecule has 0 amide bonds. The predicted molar refractivity (Wildman–Crippen MR) is 222 cm³/mol.